The Morgan fingerprint density at radius 2 is 1.05 bits per heavy atom. The van der Waals surface area contributed by atoms with Crippen LogP contribution in [0.5, 0.6) is 5.75 Å². The molecule has 114 valence electrons. The number of hydrogen-bond donors (Lipinski definition) is 0. The molecule has 0 aromatic heterocycles. The van der Waals surface area contributed by atoms with Crippen LogP contribution in [0.2, 0.25) is 0 Å². The molecule has 0 saturated heterocycles. The maximum Gasteiger partial charge on any atom is 0.573 e. The van der Waals surface area contributed by atoms with Crippen molar-refractivity contribution in [1.29, 1.82) is 0 Å². The molecule has 1 nitrogen and oxygen atoms in total. The van der Waals surface area contributed by atoms with E-state index in [0.717, 1.165) is 0 Å². The molecule has 0 aliphatic carbocycles. The molecule has 20 heavy (non-hydrogen) atoms. The molecule has 0 heterocycles. The van der Waals surface area contributed by atoms with Crippen LogP contribution in [0.4, 0.5) is 43.9 Å². The number of rotatable bonds is 1. The third-order valence-corrected chi connectivity index (χ3v) is 1.89. The van der Waals surface area contributed by atoms with Gasteiger partial charge in [0.25, 0.3) is 0 Å². The van der Waals surface area contributed by atoms with Gasteiger partial charge in [0.2, 0.25) is 0 Å². The van der Waals surface area contributed by atoms with Gasteiger partial charge in [-0.1, -0.05) is 0 Å². The third kappa shape index (κ3) is 3.90. The molecular formula is C9H2F10O. The summed E-state index contributed by atoms with van der Waals surface area (Å²) >= 11 is 0. The second-order valence-corrected chi connectivity index (χ2v) is 3.38. The zero-order valence-electron chi connectivity index (χ0n) is 8.84. The number of benzene rings is 1. The molecule has 0 amide bonds. The van der Waals surface area contributed by atoms with Gasteiger partial charge in [-0.15, -0.1) is 13.2 Å². The summed E-state index contributed by atoms with van der Waals surface area (Å²) in [5.41, 5.74) is -5.02. The first kappa shape index (κ1) is 16.4. The molecule has 0 spiro atoms. The van der Waals surface area contributed by atoms with E-state index in [9.17, 15) is 43.9 Å². The minimum Gasteiger partial charge on any atom is -0.406 e. The molecule has 0 unspecified atom stereocenters. The van der Waals surface area contributed by atoms with Crippen LogP contribution < -0.4 is 4.74 Å². The van der Waals surface area contributed by atoms with Crippen LogP contribution in [-0.4, -0.2) is 6.36 Å². The van der Waals surface area contributed by atoms with E-state index in [2.05, 4.69) is 4.74 Å². The molecule has 0 N–H and O–H groups in total. The van der Waals surface area contributed by atoms with Crippen LogP contribution >= 0.6 is 0 Å². The van der Waals surface area contributed by atoms with Gasteiger partial charge in [0, 0.05) is 0 Å². The van der Waals surface area contributed by atoms with Crippen molar-refractivity contribution in [3.05, 3.63) is 29.1 Å². The molecule has 1 aromatic carbocycles. The lowest BCUT2D eigenvalue weighted by atomic mass is 10.1. The first-order valence-electron chi connectivity index (χ1n) is 4.45. The van der Waals surface area contributed by atoms with Crippen molar-refractivity contribution in [3.63, 3.8) is 0 Å². The van der Waals surface area contributed by atoms with E-state index < -0.39 is 53.5 Å². The third-order valence-electron chi connectivity index (χ3n) is 1.89. The quantitative estimate of drug-likeness (QED) is 0.679. The Morgan fingerprint density at radius 3 is 1.30 bits per heavy atom. The summed E-state index contributed by atoms with van der Waals surface area (Å²) in [6, 6.07) is -1.00. The van der Waals surface area contributed by atoms with E-state index in [4.69, 9.17) is 0 Å². The number of alkyl halides is 9. The molecule has 0 aliphatic rings. The van der Waals surface area contributed by atoms with Gasteiger partial charge >= 0.3 is 18.7 Å². The summed E-state index contributed by atoms with van der Waals surface area (Å²) in [4.78, 5) is 0. The van der Waals surface area contributed by atoms with Crippen LogP contribution in [0.25, 0.3) is 0 Å². The van der Waals surface area contributed by atoms with E-state index in [1.54, 1.807) is 0 Å². The standard InChI is InChI=1S/C9H2F10O/c10-6-4(7(11,12)13)1-3(20-9(17,18)19)2-5(6)8(14,15)16/h1-2H. The van der Waals surface area contributed by atoms with Gasteiger partial charge < -0.3 is 4.74 Å². The smallest absolute Gasteiger partial charge is 0.406 e. The minimum absolute atomic E-state index is 0.502. The Morgan fingerprint density at radius 1 is 0.700 bits per heavy atom. The van der Waals surface area contributed by atoms with Crippen LogP contribution in [0.1, 0.15) is 11.1 Å². The Labute approximate surface area is 103 Å². The predicted molar refractivity (Wildman–Crippen MR) is 43.1 cm³/mol. The number of ether oxygens (including phenoxy) is 1. The molecule has 0 bridgehead atoms. The summed E-state index contributed by atoms with van der Waals surface area (Å²) in [7, 11) is 0. The summed E-state index contributed by atoms with van der Waals surface area (Å²) in [6.07, 6.45) is -16.8. The average molecular weight is 316 g/mol. The highest BCUT2D eigenvalue weighted by Crippen LogP contribution is 2.41. The molecule has 0 saturated carbocycles. The zero-order chi connectivity index (χ0) is 15.9. The second kappa shape index (κ2) is 4.70. The Hall–Kier alpha value is -1.68. The molecule has 11 heteroatoms. The van der Waals surface area contributed by atoms with Crippen molar-refractivity contribution < 1.29 is 48.6 Å². The van der Waals surface area contributed by atoms with E-state index in [0.29, 0.717) is 0 Å². The lowest BCUT2D eigenvalue weighted by Crippen LogP contribution is -2.20. The lowest BCUT2D eigenvalue weighted by Gasteiger charge is -2.16. The van der Waals surface area contributed by atoms with Crippen molar-refractivity contribution in [2.45, 2.75) is 18.7 Å². The maximum atomic E-state index is 13.1. The topological polar surface area (TPSA) is 9.23 Å². The number of hydrogen-bond acceptors (Lipinski definition) is 1. The largest absolute Gasteiger partial charge is 0.573 e. The molecule has 0 radical (unpaired) electrons. The van der Waals surface area contributed by atoms with Crippen LogP contribution in [-0.2, 0) is 12.4 Å². The summed E-state index contributed by atoms with van der Waals surface area (Å²) in [6.45, 7) is 0. The highest BCUT2D eigenvalue weighted by atomic mass is 19.4. The van der Waals surface area contributed by atoms with Gasteiger partial charge in [0.05, 0.1) is 11.1 Å². The normalized spacial score (nSPS) is 13.5. The van der Waals surface area contributed by atoms with E-state index in [-0.39, 0.29) is 0 Å². The van der Waals surface area contributed by atoms with Crippen molar-refractivity contribution in [2.24, 2.45) is 0 Å². The van der Waals surface area contributed by atoms with Crippen LogP contribution in [0.15, 0.2) is 12.1 Å². The molecule has 0 atom stereocenters. The van der Waals surface area contributed by atoms with E-state index in [1.165, 1.54) is 0 Å². The summed E-state index contributed by atoms with van der Waals surface area (Å²) in [5, 5.41) is 0. The van der Waals surface area contributed by atoms with Crippen molar-refractivity contribution in [1.82, 2.24) is 0 Å². The SMILES string of the molecule is Fc1c(C(F)(F)F)cc(OC(F)(F)F)cc1C(F)(F)F. The van der Waals surface area contributed by atoms with E-state index >= 15 is 0 Å². The highest BCUT2D eigenvalue weighted by molar-refractivity contribution is 5.39. The van der Waals surface area contributed by atoms with Gasteiger partial charge in [-0.25, -0.2) is 4.39 Å². The molecular weight excluding hydrogens is 314 g/mol. The van der Waals surface area contributed by atoms with Crippen molar-refractivity contribution in [3.8, 4) is 5.75 Å². The van der Waals surface area contributed by atoms with Gasteiger partial charge in [0.15, 0.2) is 0 Å². The lowest BCUT2D eigenvalue weighted by molar-refractivity contribution is -0.275. The van der Waals surface area contributed by atoms with Crippen molar-refractivity contribution >= 4 is 0 Å². The first-order chi connectivity index (χ1) is 8.72. The molecule has 0 fully saturated rings. The van der Waals surface area contributed by atoms with Crippen LogP contribution in [0.3, 0.4) is 0 Å². The first-order valence-corrected chi connectivity index (χ1v) is 4.45. The van der Waals surface area contributed by atoms with Crippen molar-refractivity contribution in [2.75, 3.05) is 0 Å². The molecule has 1 rings (SSSR count). The minimum atomic E-state index is -5.62. The fraction of sp³-hybridized carbons (Fsp3) is 0.333. The van der Waals surface area contributed by atoms with Gasteiger partial charge in [-0.05, 0) is 12.1 Å². The Kier molecular flexibility index (Phi) is 3.85. The number of halogens is 10. The van der Waals surface area contributed by atoms with Crippen LogP contribution in [0, 0.1) is 5.82 Å². The Balaban J connectivity index is 3.51. The molecule has 1 aromatic rings. The fourth-order valence-corrected chi connectivity index (χ4v) is 1.20. The highest BCUT2D eigenvalue weighted by Gasteiger charge is 2.43. The Bertz CT molecular complexity index is 460. The average Bonchev–Trinajstić information content (AvgIpc) is 2.14. The molecule has 0 aliphatic heterocycles. The monoisotopic (exact) mass is 316 g/mol. The van der Waals surface area contributed by atoms with Gasteiger partial charge in [0.1, 0.15) is 11.6 Å². The maximum absolute atomic E-state index is 13.1. The zero-order valence-corrected chi connectivity index (χ0v) is 8.84. The second-order valence-electron chi connectivity index (χ2n) is 3.38. The van der Waals surface area contributed by atoms with Gasteiger partial charge in [-0.2, -0.15) is 26.3 Å². The van der Waals surface area contributed by atoms with Gasteiger partial charge in [-0.3, -0.25) is 0 Å². The fourth-order valence-electron chi connectivity index (χ4n) is 1.20. The summed E-state index contributed by atoms with van der Waals surface area (Å²) in [5.74, 6) is -4.54. The predicted octanol–water partition coefficient (Wildman–Crippen LogP) is 4.76. The summed E-state index contributed by atoms with van der Waals surface area (Å²) < 4.78 is 125. The van der Waals surface area contributed by atoms with E-state index in [1.807, 2.05) is 0 Å².